The molecule has 0 bridgehead atoms. The van der Waals surface area contributed by atoms with Crippen LogP contribution in [0.5, 0.6) is 0 Å². The van der Waals surface area contributed by atoms with Crippen molar-refractivity contribution in [3.8, 4) is 55.6 Å². The first-order valence-corrected chi connectivity index (χ1v) is 21.4. The average Bonchev–Trinajstić information content (AvgIpc) is 3.93. The van der Waals surface area contributed by atoms with Gasteiger partial charge in [0, 0.05) is 44.2 Å². The van der Waals surface area contributed by atoms with Gasteiger partial charge in [0.25, 0.3) is 0 Å². The standard InChI is InChI=1S/C60H39NO2/c1-4-13-40(14-5-1)47-35-48(41-15-6-2-7-16-41)37-51(36-47)61(49-29-23-42(24-30-49)45-27-33-58-55(38-45)53-19-10-11-22-57(53)62-58)50-31-25-43(26-32-50)46-28-34-59-56(39-46)54-21-12-20-52(60(54)63-59)44-17-8-3-9-18-44/h1-39H. The Bertz CT molecular complexity index is 3530. The summed E-state index contributed by atoms with van der Waals surface area (Å²) in [6.07, 6.45) is 0. The molecule has 0 saturated heterocycles. The smallest absolute Gasteiger partial charge is 0.143 e. The molecule has 0 radical (unpaired) electrons. The van der Waals surface area contributed by atoms with Crippen LogP contribution in [0.25, 0.3) is 99.5 Å². The zero-order valence-electron chi connectivity index (χ0n) is 34.3. The summed E-state index contributed by atoms with van der Waals surface area (Å²) in [4.78, 5) is 2.37. The SMILES string of the molecule is c1ccc(-c2cc(-c3ccccc3)cc(N(c3ccc(-c4ccc5oc6ccccc6c5c4)cc3)c3ccc(-c4ccc5oc6c(-c7ccccc7)cccc6c5c4)cc3)c2)cc1. The molecular formula is C60H39NO2. The van der Waals surface area contributed by atoms with E-state index in [4.69, 9.17) is 8.83 Å². The summed E-state index contributed by atoms with van der Waals surface area (Å²) in [5, 5.41) is 4.47. The number of hydrogen-bond acceptors (Lipinski definition) is 3. The van der Waals surface area contributed by atoms with Gasteiger partial charge in [-0.2, -0.15) is 0 Å². The summed E-state index contributed by atoms with van der Waals surface area (Å²) in [6.45, 7) is 0. The maximum atomic E-state index is 6.52. The van der Waals surface area contributed by atoms with Gasteiger partial charge in [-0.3, -0.25) is 0 Å². The molecule has 63 heavy (non-hydrogen) atoms. The van der Waals surface area contributed by atoms with Gasteiger partial charge < -0.3 is 13.7 Å². The molecule has 0 aliphatic heterocycles. The van der Waals surface area contributed by atoms with E-state index in [9.17, 15) is 0 Å². The van der Waals surface area contributed by atoms with Crippen LogP contribution in [-0.2, 0) is 0 Å². The molecule has 12 aromatic rings. The van der Waals surface area contributed by atoms with Crippen molar-refractivity contribution in [2.45, 2.75) is 0 Å². The second-order valence-electron chi connectivity index (χ2n) is 16.1. The van der Waals surface area contributed by atoms with E-state index in [2.05, 4.69) is 223 Å². The van der Waals surface area contributed by atoms with Gasteiger partial charge in [-0.15, -0.1) is 0 Å². The second kappa shape index (κ2) is 15.3. The highest BCUT2D eigenvalue weighted by molar-refractivity contribution is 6.11. The topological polar surface area (TPSA) is 29.5 Å². The predicted octanol–water partition coefficient (Wildman–Crippen LogP) is 17.3. The van der Waals surface area contributed by atoms with Gasteiger partial charge in [0.2, 0.25) is 0 Å². The minimum absolute atomic E-state index is 0.883. The molecule has 3 nitrogen and oxygen atoms in total. The van der Waals surface area contributed by atoms with E-state index in [1.807, 2.05) is 18.2 Å². The second-order valence-corrected chi connectivity index (χ2v) is 16.1. The van der Waals surface area contributed by atoms with Crippen LogP contribution < -0.4 is 4.90 Å². The molecule has 10 aromatic carbocycles. The van der Waals surface area contributed by atoms with E-state index in [0.29, 0.717) is 0 Å². The van der Waals surface area contributed by atoms with Gasteiger partial charge in [0.15, 0.2) is 0 Å². The lowest BCUT2D eigenvalue weighted by atomic mass is 9.97. The van der Waals surface area contributed by atoms with Gasteiger partial charge in [-0.1, -0.05) is 164 Å². The maximum absolute atomic E-state index is 6.52. The fourth-order valence-electron chi connectivity index (χ4n) is 9.12. The Labute approximate surface area is 365 Å². The molecule has 0 amide bonds. The van der Waals surface area contributed by atoms with Crippen molar-refractivity contribution in [3.63, 3.8) is 0 Å². The van der Waals surface area contributed by atoms with Gasteiger partial charge in [-0.25, -0.2) is 0 Å². The third-order valence-electron chi connectivity index (χ3n) is 12.3. The van der Waals surface area contributed by atoms with Crippen LogP contribution in [0.3, 0.4) is 0 Å². The lowest BCUT2D eigenvalue weighted by Crippen LogP contribution is -2.10. The number of para-hydroxylation sites is 2. The lowest BCUT2D eigenvalue weighted by Gasteiger charge is -2.27. The Morgan fingerprint density at radius 2 is 0.683 bits per heavy atom. The van der Waals surface area contributed by atoms with Gasteiger partial charge in [-0.05, 0) is 123 Å². The first-order valence-electron chi connectivity index (χ1n) is 21.4. The fourth-order valence-corrected chi connectivity index (χ4v) is 9.12. The molecular weight excluding hydrogens is 767 g/mol. The quantitative estimate of drug-likeness (QED) is 0.153. The fraction of sp³-hybridized carbons (Fsp3) is 0. The average molecular weight is 806 g/mol. The van der Waals surface area contributed by atoms with Gasteiger partial charge in [0.1, 0.15) is 22.3 Å². The number of hydrogen-bond donors (Lipinski definition) is 0. The third-order valence-corrected chi connectivity index (χ3v) is 12.3. The normalized spacial score (nSPS) is 11.5. The lowest BCUT2D eigenvalue weighted by molar-refractivity contribution is 0.669. The van der Waals surface area contributed by atoms with Crippen LogP contribution >= 0.6 is 0 Å². The Hall–Kier alpha value is -8.40. The summed E-state index contributed by atoms with van der Waals surface area (Å²) < 4.78 is 12.7. The molecule has 0 fully saturated rings. The molecule has 12 rings (SSSR count). The zero-order chi connectivity index (χ0) is 41.7. The predicted molar refractivity (Wildman–Crippen MR) is 263 cm³/mol. The molecule has 0 atom stereocenters. The van der Waals surface area contributed by atoms with Gasteiger partial charge in [0.05, 0.1) is 0 Å². The van der Waals surface area contributed by atoms with E-state index >= 15 is 0 Å². The summed E-state index contributed by atoms with van der Waals surface area (Å²) >= 11 is 0. The van der Waals surface area contributed by atoms with Crippen LogP contribution in [-0.4, -0.2) is 0 Å². The third kappa shape index (κ3) is 6.64. The Morgan fingerprint density at radius 1 is 0.238 bits per heavy atom. The summed E-state index contributed by atoms with van der Waals surface area (Å²) in [6, 6.07) is 84.2. The highest BCUT2D eigenvalue weighted by Gasteiger charge is 2.18. The number of fused-ring (bicyclic) bond motifs is 6. The maximum Gasteiger partial charge on any atom is 0.143 e. The molecule has 3 heteroatoms. The number of nitrogens with zero attached hydrogens (tertiary/aromatic N) is 1. The van der Waals surface area contributed by atoms with Crippen molar-refractivity contribution in [1.82, 2.24) is 0 Å². The first-order chi connectivity index (χ1) is 31.2. The van der Waals surface area contributed by atoms with E-state index in [1.54, 1.807) is 0 Å². The molecule has 0 aliphatic rings. The summed E-state index contributed by atoms with van der Waals surface area (Å²) in [5.74, 6) is 0. The zero-order valence-corrected chi connectivity index (χ0v) is 34.3. The van der Waals surface area contributed by atoms with E-state index < -0.39 is 0 Å². The van der Waals surface area contributed by atoms with E-state index in [-0.39, 0.29) is 0 Å². The van der Waals surface area contributed by atoms with Crippen LogP contribution in [0.1, 0.15) is 0 Å². The monoisotopic (exact) mass is 805 g/mol. The van der Waals surface area contributed by atoms with E-state index in [0.717, 1.165) is 105 Å². The molecule has 0 unspecified atom stereocenters. The summed E-state index contributed by atoms with van der Waals surface area (Å²) in [7, 11) is 0. The highest BCUT2D eigenvalue weighted by atomic mass is 16.3. The number of rotatable bonds is 8. The highest BCUT2D eigenvalue weighted by Crippen LogP contribution is 2.43. The summed E-state index contributed by atoms with van der Waals surface area (Å²) in [5.41, 5.74) is 18.2. The Kier molecular flexibility index (Phi) is 8.83. The molecule has 0 saturated carbocycles. The van der Waals surface area contributed by atoms with E-state index in [1.165, 1.54) is 11.1 Å². The van der Waals surface area contributed by atoms with Crippen molar-refractivity contribution >= 4 is 60.9 Å². The molecule has 0 spiro atoms. The van der Waals surface area contributed by atoms with Gasteiger partial charge >= 0.3 is 0 Å². The minimum Gasteiger partial charge on any atom is -0.456 e. The number of furan rings is 2. The van der Waals surface area contributed by atoms with Crippen molar-refractivity contribution in [2.75, 3.05) is 4.90 Å². The minimum atomic E-state index is 0.883. The van der Waals surface area contributed by atoms with Crippen LogP contribution in [0.15, 0.2) is 245 Å². The van der Waals surface area contributed by atoms with Crippen molar-refractivity contribution in [1.29, 1.82) is 0 Å². The first kappa shape index (κ1) is 36.5. The largest absolute Gasteiger partial charge is 0.456 e. The molecule has 2 heterocycles. The van der Waals surface area contributed by atoms with Crippen LogP contribution in [0.2, 0.25) is 0 Å². The molecule has 296 valence electrons. The molecule has 0 N–H and O–H groups in total. The van der Waals surface area contributed by atoms with Crippen LogP contribution in [0, 0.1) is 0 Å². The number of benzene rings is 10. The number of anilines is 3. The van der Waals surface area contributed by atoms with Crippen molar-refractivity contribution in [3.05, 3.63) is 237 Å². The molecule has 0 aliphatic carbocycles. The Morgan fingerprint density at radius 3 is 1.27 bits per heavy atom. The van der Waals surface area contributed by atoms with Crippen LogP contribution in [0.4, 0.5) is 17.1 Å². The Balaban J connectivity index is 0.967. The van der Waals surface area contributed by atoms with Crippen molar-refractivity contribution in [2.24, 2.45) is 0 Å². The molecule has 2 aromatic heterocycles. The van der Waals surface area contributed by atoms with Crippen molar-refractivity contribution < 1.29 is 8.83 Å².